The Labute approximate surface area is 160 Å². The average Bonchev–Trinajstić information content (AvgIpc) is 3.04. The first-order valence-electron chi connectivity index (χ1n) is 8.44. The van der Waals surface area contributed by atoms with Crippen LogP contribution in [0.1, 0.15) is 13.8 Å². The molecular weight excluding hydrogens is 372 g/mol. The molecule has 0 aliphatic rings. The van der Waals surface area contributed by atoms with Crippen molar-refractivity contribution in [2.24, 2.45) is 0 Å². The molecule has 1 amide bonds. The second kappa shape index (κ2) is 8.59. The highest BCUT2D eigenvalue weighted by Gasteiger charge is 2.11. The number of carbonyl (C=O) groups is 1. The molecule has 27 heavy (non-hydrogen) atoms. The van der Waals surface area contributed by atoms with Crippen molar-refractivity contribution in [3.63, 3.8) is 0 Å². The number of ether oxygens (including phenoxy) is 2. The zero-order valence-corrected chi connectivity index (χ0v) is 15.7. The van der Waals surface area contributed by atoms with E-state index in [2.05, 4.69) is 15.6 Å². The van der Waals surface area contributed by atoms with Crippen molar-refractivity contribution in [3.05, 3.63) is 41.4 Å². The van der Waals surface area contributed by atoms with E-state index in [1.54, 1.807) is 36.4 Å². The third-order valence-corrected chi connectivity index (χ3v) is 3.76. The summed E-state index contributed by atoms with van der Waals surface area (Å²) < 4.78 is 11.1. The van der Waals surface area contributed by atoms with Crippen LogP contribution < -0.4 is 19.6 Å². The van der Waals surface area contributed by atoms with Gasteiger partial charge in [-0.1, -0.05) is 16.4 Å². The Kier molecular flexibility index (Phi) is 5.97. The van der Waals surface area contributed by atoms with E-state index in [0.717, 1.165) is 0 Å². The van der Waals surface area contributed by atoms with Gasteiger partial charge in [0, 0.05) is 16.8 Å². The van der Waals surface area contributed by atoms with Crippen molar-refractivity contribution < 1.29 is 19.1 Å². The molecule has 0 saturated heterocycles. The van der Waals surface area contributed by atoms with Crippen LogP contribution in [0.5, 0.6) is 11.5 Å². The summed E-state index contributed by atoms with van der Waals surface area (Å²) in [6.07, 6.45) is 0. The van der Waals surface area contributed by atoms with Crippen molar-refractivity contribution in [2.75, 3.05) is 25.1 Å². The lowest BCUT2D eigenvalue weighted by atomic mass is 10.2. The van der Waals surface area contributed by atoms with Crippen LogP contribution >= 0.6 is 11.6 Å². The summed E-state index contributed by atoms with van der Waals surface area (Å²) in [6, 6.07) is 10.3. The summed E-state index contributed by atoms with van der Waals surface area (Å²) in [5.74, 6) is 0.835. The molecule has 0 atom stereocenters. The van der Waals surface area contributed by atoms with Gasteiger partial charge in [-0.3, -0.25) is 4.79 Å². The number of amides is 1. The highest BCUT2D eigenvalue weighted by molar-refractivity contribution is 6.31. The molecule has 1 heterocycles. The second-order valence-corrected chi connectivity index (χ2v) is 5.88. The van der Waals surface area contributed by atoms with Gasteiger partial charge in [0.05, 0.1) is 13.2 Å². The SMILES string of the molecule is CCOc1ccc(NC(=O)COn2nnc3ccc(Cl)cc32)cc1OCC. The maximum absolute atomic E-state index is 12.2. The summed E-state index contributed by atoms with van der Waals surface area (Å²) in [4.78, 5) is 18.8. The first-order chi connectivity index (χ1) is 13.1. The van der Waals surface area contributed by atoms with Gasteiger partial charge < -0.3 is 19.6 Å². The molecule has 0 radical (unpaired) electrons. The number of halogens is 1. The highest BCUT2D eigenvalue weighted by atomic mass is 35.5. The normalized spacial score (nSPS) is 10.6. The van der Waals surface area contributed by atoms with Crippen LogP contribution in [-0.4, -0.2) is 40.9 Å². The van der Waals surface area contributed by atoms with E-state index in [-0.39, 0.29) is 12.5 Å². The molecule has 0 bridgehead atoms. The molecule has 0 fully saturated rings. The first-order valence-corrected chi connectivity index (χ1v) is 8.82. The van der Waals surface area contributed by atoms with E-state index in [0.29, 0.717) is 46.5 Å². The molecule has 1 aromatic heterocycles. The maximum atomic E-state index is 12.2. The number of aromatic nitrogens is 3. The Hall–Kier alpha value is -3.00. The Morgan fingerprint density at radius 1 is 1.11 bits per heavy atom. The summed E-state index contributed by atoms with van der Waals surface area (Å²) in [6.45, 7) is 4.54. The maximum Gasteiger partial charge on any atom is 0.265 e. The van der Waals surface area contributed by atoms with Crippen LogP contribution in [0.3, 0.4) is 0 Å². The predicted molar refractivity (Wildman–Crippen MR) is 101 cm³/mol. The molecule has 142 valence electrons. The van der Waals surface area contributed by atoms with Crippen molar-refractivity contribution in [1.82, 2.24) is 15.2 Å². The van der Waals surface area contributed by atoms with Gasteiger partial charge in [0.25, 0.3) is 5.91 Å². The first kappa shape index (κ1) is 18.8. The lowest BCUT2D eigenvalue weighted by Gasteiger charge is -2.13. The number of hydrogen-bond donors (Lipinski definition) is 1. The summed E-state index contributed by atoms with van der Waals surface area (Å²) in [7, 11) is 0. The van der Waals surface area contributed by atoms with Gasteiger partial charge in [-0.2, -0.15) is 0 Å². The summed E-state index contributed by atoms with van der Waals surface area (Å²) in [5, 5.41) is 11.1. The lowest BCUT2D eigenvalue weighted by Crippen LogP contribution is -2.26. The molecule has 0 saturated carbocycles. The zero-order valence-electron chi connectivity index (χ0n) is 14.9. The van der Waals surface area contributed by atoms with Crippen LogP contribution in [0, 0.1) is 0 Å². The molecule has 0 aliphatic heterocycles. The predicted octanol–water partition coefficient (Wildman–Crippen LogP) is 2.95. The number of hydrogen-bond acceptors (Lipinski definition) is 6. The van der Waals surface area contributed by atoms with E-state index >= 15 is 0 Å². The molecule has 2 aromatic carbocycles. The summed E-state index contributed by atoms with van der Waals surface area (Å²) >= 11 is 5.97. The third-order valence-electron chi connectivity index (χ3n) is 3.52. The molecule has 9 heteroatoms. The minimum atomic E-state index is -0.354. The lowest BCUT2D eigenvalue weighted by molar-refractivity contribution is -0.121. The molecule has 0 aliphatic carbocycles. The van der Waals surface area contributed by atoms with Crippen LogP contribution in [0.2, 0.25) is 5.02 Å². The van der Waals surface area contributed by atoms with Crippen molar-refractivity contribution in [2.45, 2.75) is 13.8 Å². The number of carbonyl (C=O) groups excluding carboxylic acids is 1. The Morgan fingerprint density at radius 2 is 1.89 bits per heavy atom. The van der Waals surface area contributed by atoms with Gasteiger partial charge in [-0.15, -0.1) is 5.10 Å². The Bertz CT molecular complexity index is 944. The van der Waals surface area contributed by atoms with E-state index in [1.807, 2.05) is 13.8 Å². The molecule has 0 unspecified atom stereocenters. The Morgan fingerprint density at radius 3 is 2.67 bits per heavy atom. The topological polar surface area (TPSA) is 87.5 Å². The standard InChI is InChI=1S/C18H19ClN4O4/c1-3-25-16-8-6-13(10-17(16)26-4-2)20-18(24)11-27-23-15-9-12(19)5-7-14(15)21-22-23/h5-10H,3-4,11H2,1-2H3,(H,20,24). The highest BCUT2D eigenvalue weighted by Crippen LogP contribution is 2.30. The van der Waals surface area contributed by atoms with Crippen molar-refractivity contribution in [1.29, 1.82) is 0 Å². The molecular formula is C18H19ClN4O4. The fraction of sp³-hybridized carbons (Fsp3) is 0.278. The number of nitrogens with zero attached hydrogens (tertiary/aromatic N) is 3. The van der Waals surface area contributed by atoms with E-state index in [1.165, 1.54) is 4.85 Å². The van der Waals surface area contributed by atoms with Crippen molar-refractivity contribution >= 4 is 34.2 Å². The molecule has 1 N–H and O–H groups in total. The van der Waals surface area contributed by atoms with Gasteiger partial charge in [-0.25, -0.2) is 0 Å². The summed E-state index contributed by atoms with van der Waals surface area (Å²) in [5.41, 5.74) is 1.77. The molecule has 3 aromatic rings. The van der Waals surface area contributed by atoms with Crippen LogP contribution in [0.15, 0.2) is 36.4 Å². The monoisotopic (exact) mass is 390 g/mol. The van der Waals surface area contributed by atoms with Crippen molar-refractivity contribution in [3.8, 4) is 11.5 Å². The minimum Gasteiger partial charge on any atom is -0.490 e. The fourth-order valence-electron chi connectivity index (χ4n) is 2.41. The van der Waals surface area contributed by atoms with Crippen LogP contribution in [0.25, 0.3) is 11.0 Å². The van der Waals surface area contributed by atoms with Gasteiger partial charge in [0.15, 0.2) is 18.1 Å². The smallest absolute Gasteiger partial charge is 0.265 e. The minimum absolute atomic E-state index is 0.248. The van der Waals surface area contributed by atoms with Crippen LogP contribution in [-0.2, 0) is 4.79 Å². The largest absolute Gasteiger partial charge is 0.490 e. The molecule has 8 nitrogen and oxygen atoms in total. The number of fused-ring (bicyclic) bond motifs is 1. The van der Waals surface area contributed by atoms with Gasteiger partial charge in [0.2, 0.25) is 0 Å². The molecule has 3 rings (SSSR count). The quantitative estimate of drug-likeness (QED) is 0.636. The van der Waals surface area contributed by atoms with Crippen LogP contribution in [0.4, 0.5) is 5.69 Å². The third kappa shape index (κ3) is 4.59. The number of nitrogens with one attached hydrogen (secondary N) is 1. The van der Waals surface area contributed by atoms with Gasteiger partial charge in [0.1, 0.15) is 11.0 Å². The van der Waals surface area contributed by atoms with Gasteiger partial charge in [-0.05, 0) is 49.4 Å². The number of rotatable bonds is 8. The number of anilines is 1. The second-order valence-electron chi connectivity index (χ2n) is 5.44. The average molecular weight is 391 g/mol. The number of benzene rings is 2. The van der Waals surface area contributed by atoms with E-state index < -0.39 is 0 Å². The van der Waals surface area contributed by atoms with E-state index in [9.17, 15) is 4.79 Å². The molecule has 0 spiro atoms. The zero-order chi connectivity index (χ0) is 19.2. The fourth-order valence-corrected chi connectivity index (χ4v) is 2.58. The Balaban J connectivity index is 1.65. The van der Waals surface area contributed by atoms with E-state index in [4.69, 9.17) is 25.9 Å². The van der Waals surface area contributed by atoms with Gasteiger partial charge >= 0.3 is 0 Å².